The van der Waals surface area contributed by atoms with Gasteiger partial charge in [-0.15, -0.1) is 6.42 Å². The van der Waals surface area contributed by atoms with Gasteiger partial charge in [-0.3, -0.25) is 4.68 Å². The molecular formula is C24H20N10. The van der Waals surface area contributed by atoms with E-state index in [4.69, 9.17) is 6.42 Å². The van der Waals surface area contributed by atoms with Gasteiger partial charge in [0.15, 0.2) is 11.5 Å². The summed E-state index contributed by atoms with van der Waals surface area (Å²) < 4.78 is 1.94. The number of H-pyrrole nitrogens is 1. The second-order valence-corrected chi connectivity index (χ2v) is 8.11. The summed E-state index contributed by atoms with van der Waals surface area (Å²) >= 11 is 0. The summed E-state index contributed by atoms with van der Waals surface area (Å²) in [5, 5.41) is 24.4. The van der Waals surface area contributed by atoms with E-state index in [2.05, 4.69) is 53.0 Å². The molecule has 0 radical (unpaired) electrons. The van der Waals surface area contributed by atoms with Crippen LogP contribution >= 0.6 is 0 Å². The minimum atomic E-state index is 0.0189. The average Bonchev–Trinajstić information content (AvgIpc) is 3.65. The fourth-order valence-corrected chi connectivity index (χ4v) is 4.59. The quantitative estimate of drug-likeness (QED) is 0.445. The Morgan fingerprint density at radius 1 is 1.24 bits per heavy atom. The molecule has 0 unspecified atom stereocenters. The van der Waals surface area contributed by atoms with E-state index >= 15 is 0 Å². The lowest BCUT2D eigenvalue weighted by molar-refractivity contribution is 0.310. The van der Waals surface area contributed by atoms with Crippen molar-refractivity contribution in [3.8, 4) is 35.7 Å². The zero-order chi connectivity index (χ0) is 23.5. The van der Waals surface area contributed by atoms with E-state index in [-0.39, 0.29) is 17.7 Å². The number of anilines is 1. The van der Waals surface area contributed by atoms with E-state index < -0.39 is 0 Å². The lowest BCUT2D eigenvalue weighted by atomic mass is 9.95. The van der Waals surface area contributed by atoms with E-state index in [0.717, 1.165) is 35.3 Å². The lowest BCUT2D eigenvalue weighted by Gasteiger charge is -2.24. The highest BCUT2D eigenvalue weighted by atomic mass is 15.3. The second-order valence-electron chi connectivity index (χ2n) is 8.11. The van der Waals surface area contributed by atoms with Crippen molar-refractivity contribution in [1.29, 1.82) is 10.5 Å². The number of aromatic nitrogens is 7. The summed E-state index contributed by atoms with van der Waals surface area (Å²) in [6.45, 7) is 1.41. The van der Waals surface area contributed by atoms with Gasteiger partial charge in [0.2, 0.25) is 0 Å². The minimum Gasteiger partial charge on any atom is -0.354 e. The van der Waals surface area contributed by atoms with Gasteiger partial charge in [0.1, 0.15) is 23.7 Å². The van der Waals surface area contributed by atoms with E-state index in [1.807, 2.05) is 23.1 Å². The van der Waals surface area contributed by atoms with Gasteiger partial charge in [-0.05, 0) is 24.8 Å². The van der Waals surface area contributed by atoms with Crippen LogP contribution in [0, 0.1) is 40.9 Å². The number of aromatic amines is 1. The molecule has 5 rings (SSSR count). The van der Waals surface area contributed by atoms with E-state index in [1.54, 1.807) is 6.20 Å². The molecule has 1 aliphatic rings. The highest BCUT2D eigenvalue weighted by Crippen LogP contribution is 2.35. The van der Waals surface area contributed by atoms with Crippen molar-refractivity contribution >= 4 is 16.9 Å². The molecule has 4 aromatic rings. The monoisotopic (exact) mass is 448 g/mol. The third-order valence-electron chi connectivity index (χ3n) is 6.20. The first kappa shape index (κ1) is 21.1. The zero-order valence-electron chi connectivity index (χ0n) is 18.3. The molecule has 34 heavy (non-hydrogen) atoms. The molecule has 1 fully saturated rings. The van der Waals surface area contributed by atoms with Crippen LogP contribution in [0.5, 0.6) is 0 Å². The molecule has 0 aliphatic carbocycles. The number of nitrogens with one attached hydrogen (secondary N) is 1. The van der Waals surface area contributed by atoms with Crippen molar-refractivity contribution < 1.29 is 0 Å². The Hall–Kier alpha value is -4.75. The Morgan fingerprint density at radius 3 is 2.97 bits per heavy atom. The molecule has 1 N–H and O–H groups in total. The van der Waals surface area contributed by atoms with E-state index in [0.29, 0.717) is 30.9 Å². The van der Waals surface area contributed by atoms with Crippen molar-refractivity contribution in [3.63, 3.8) is 0 Å². The SMILES string of the molecule is C#Cc1cnc(N2CC[C@H]([C@H](CCC#N)n3cc(-c4ncnc5[nH]ccc45)cn3)C2)c(C#N)n1. The van der Waals surface area contributed by atoms with Crippen LogP contribution in [0.1, 0.15) is 36.7 Å². The summed E-state index contributed by atoms with van der Waals surface area (Å²) in [6, 6.07) is 6.33. The molecule has 0 saturated carbocycles. The van der Waals surface area contributed by atoms with E-state index in [9.17, 15) is 10.5 Å². The van der Waals surface area contributed by atoms with Gasteiger partial charge in [0.05, 0.1) is 30.2 Å². The summed E-state index contributed by atoms with van der Waals surface area (Å²) in [5.74, 6) is 3.18. The van der Waals surface area contributed by atoms with Crippen molar-refractivity contribution in [2.24, 2.45) is 5.92 Å². The topological polar surface area (TPSA) is 136 Å². The third-order valence-corrected chi connectivity index (χ3v) is 6.20. The van der Waals surface area contributed by atoms with Crippen LogP contribution < -0.4 is 4.90 Å². The molecule has 0 bridgehead atoms. The van der Waals surface area contributed by atoms with Gasteiger partial charge >= 0.3 is 0 Å². The largest absolute Gasteiger partial charge is 0.354 e. The van der Waals surface area contributed by atoms with Crippen molar-refractivity contribution in [1.82, 2.24) is 34.7 Å². The van der Waals surface area contributed by atoms with E-state index in [1.165, 1.54) is 12.5 Å². The fourth-order valence-electron chi connectivity index (χ4n) is 4.59. The third kappa shape index (κ3) is 3.80. The van der Waals surface area contributed by atoms with Crippen molar-refractivity contribution in [2.75, 3.05) is 18.0 Å². The van der Waals surface area contributed by atoms with Gasteiger partial charge in [0, 0.05) is 48.8 Å². The molecule has 166 valence electrons. The Morgan fingerprint density at radius 2 is 2.15 bits per heavy atom. The van der Waals surface area contributed by atoms with Gasteiger partial charge in [-0.25, -0.2) is 19.9 Å². The summed E-state index contributed by atoms with van der Waals surface area (Å²) in [4.78, 5) is 22.5. The number of terminal acetylenes is 1. The molecule has 1 saturated heterocycles. The van der Waals surface area contributed by atoms with Crippen LogP contribution in [-0.4, -0.2) is 47.8 Å². The fraction of sp³-hybridized carbons (Fsp3) is 0.292. The molecule has 10 heteroatoms. The number of nitriles is 2. The second kappa shape index (κ2) is 9.01. The van der Waals surface area contributed by atoms with Crippen molar-refractivity contribution in [2.45, 2.75) is 25.3 Å². The van der Waals surface area contributed by atoms with Gasteiger partial charge in [-0.2, -0.15) is 15.6 Å². The predicted molar refractivity (Wildman–Crippen MR) is 124 cm³/mol. The van der Waals surface area contributed by atoms with Crippen LogP contribution in [0.15, 0.2) is 37.2 Å². The number of rotatable bonds is 6. The summed E-state index contributed by atoms with van der Waals surface area (Å²) in [6.07, 6.45) is 16.0. The molecular weight excluding hydrogens is 428 g/mol. The highest BCUT2D eigenvalue weighted by molar-refractivity contribution is 5.89. The summed E-state index contributed by atoms with van der Waals surface area (Å²) in [5.41, 5.74) is 3.05. The normalized spacial score (nSPS) is 16.1. The molecule has 10 nitrogen and oxygen atoms in total. The number of nitrogens with zero attached hydrogens (tertiary/aromatic N) is 9. The highest BCUT2D eigenvalue weighted by Gasteiger charge is 2.33. The first-order chi connectivity index (χ1) is 16.7. The van der Waals surface area contributed by atoms with Crippen LogP contribution in [0.3, 0.4) is 0 Å². The van der Waals surface area contributed by atoms with Crippen LogP contribution in [-0.2, 0) is 0 Å². The Kier molecular flexibility index (Phi) is 5.60. The van der Waals surface area contributed by atoms with Crippen LogP contribution in [0.25, 0.3) is 22.3 Å². The first-order valence-electron chi connectivity index (χ1n) is 10.9. The Bertz CT molecular complexity index is 1460. The number of fused-ring (bicyclic) bond motifs is 1. The van der Waals surface area contributed by atoms with Crippen LogP contribution in [0.4, 0.5) is 5.82 Å². The van der Waals surface area contributed by atoms with Crippen molar-refractivity contribution in [3.05, 3.63) is 48.6 Å². The first-order valence-corrected chi connectivity index (χ1v) is 10.9. The van der Waals surface area contributed by atoms with Gasteiger partial charge < -0.3 is 9.88 Å². The maximum atomic E-state index is 9.53. The molecule has 0 amide bonds. The molecule has 4 aromatic heterocycles. The molecule has 0 spiro atoms. The number of hydrogen-bond acceptors (Lipinski definition) is 8. The lowest BCUT2D eigenvalue weighted by Crippen LogP contribution is -2.26. The maximum absolute atomic E-state index is 9.53. The standard InChI is InChI=1S/C24H20N10/c1-2-18-12-28-24(20(10-26)32-18)33-9-6-16(13-33)21(4-3-7-25)34-14-17(11-31-34)22-19-5-8-27-23(19)30-15-29-22/h1,5,8,11-12,14-16,21H,3-4,6,9,13H2,(H,27,29,30)/t16-,21-/m0/s1. The van der Waals surface area contributed by atoms with Gasteiger partial charge in [-0.1, -0.05) is 0 Å². The molecule has 0 aromatic carbocycles. The number of hydrogen-bond donors (Lipinski definition) is 1. The average molecular weight is 448 g/mol. The maximum Gasteiger partial charge on any atom is 0.184 e. The Labute approximate surface area is 195 Å². The smallest absolute Gasteiger partial charge is 0.184 e. The molecule has 1 aliphatic heterocycles. The molecule has 5 heterocycles. The Balaban J connectivity index is 1.42. The van der Waals surface area contributed by atoms with Crippen LogP contribution in [0.2, 0.25) is 0 Å². The minimum absolute atomic E-state index is 0.0189. The molecule has 2 atom stereocenters. The zero-order valence-corrected chi connectivity index (χ0v) is 18.3. The summed E-state index contributed by atoms with van der Waals surface area (Å²) in [7, 11) is 0. The van der Waals surface area contributed by atoms with Gasteiger partial charge in [0.25, 0.3) is 0 Å². The predicted octanol–water partition coefficient (Wildman–Crippen LogP) is 2.84.